The molecule has 110 valence electrons. The van der Waals surface area contributed by atoms with Gasteiger partial charge < -0.3 is 10.0 Å². The summed E-state index contributed by atoms with van der Waals surface area (Å²) in [5, 5.41) is 9.58. The minimum Gasteiger partial charge on any atom is -0.508 e. The number of aromatic nitrogens is 1. The van der Waals surface area contributed by atoms with Crippen molar-refractivity contribution in [2.45, 2.75) is 19.9 Å². The highest BCUT2D eigenvalue weighted by Crippen LogP contribution is 2.24. The van der Waals surface area contributed by atoms with E-state index in [2.05, 4.69) is 20.9 Å². The number of pyridine rings is 1. The molecule has 0 saturated carbocycles. The molecule has 21 heavy (non-hydrogen) atoms. The van der Waals surface area contributed by atoms with Crippen molar-refractivity contribution < 1.29 is 9.90 Å². The average Bonchev–Trinajstić information content (AvgIpc) is 2.48. The number of hydrogen-bond acceptors (Lipinski definition) is 3. The van der Waals surface area contributed by atoms with Gasteiger partial charge in [0, 0.05) is 12.7 Å². The first-order valence-corrected chi connectivity index (χ1v) is 7.53. The molecular formula is C16H17BrN2O2. The summed E-state index contributed by atoms with van der Waals surface area (Å²) in [7, 11) is 0. The number of amides is 1. The molecule has 0 fully saturated rings. The van der Waals surface area contributed by atoms with Crippen molar-refractivity contribution in [3.05, 3.63) is 58.3 Å². The van der Waals surface area contributed by atoms with E-state index in [4.69, 9.17) is 0 Å². The van der Waals surface area contributed by atoms with Crippen LogP contribution in [0.15, 0.2) is 47.2 Å². The molecule has 1 aromatic carbocycles. The Morgan fingerprint density at radius 3 is 2.71 bits per heavy atom. The largest absolute Gasteiger partial charge is 0.508 e. The van der Waals surface area contributed by atoms with Gasteiger partial charge in [-0.1, -0.05) is 12.1 Å². The minimum atomic E-state index is -0.127. The number of carbonyl (C=O) groups excluding carboxylic acids is 1. The molecular weight excluding hydrogens is 332 g/mol. The Hall–Kier alpha value is -1.88. The van der Waals surface area contributed by atoms with Crippen LogP contribution in [0.3, 0.4) is 0 Å². The van der Waals surface area contributed by atoms with Gasteiger partial charge in [-0.15, -0.1) is 0 Å². The van der Waals surface area contributed by atoms with Crippen LogP contribution in [-0.2, 0) is 0 Å². The van der Waals surface area contributed by atoms with E-state index in [1.165, 1.54) is 0 Å². The highest BCUT2D eigenvalue weighted by molar-refractivity contribution is 9.10. The third-order valence-electron chi connectivity index (χ3n) is 3.40. The number of phenolic OH excluding ortho intramolecular Hbond substituents is 1. The first-order chi connectivity index (χ1) is 10.0. The molecule has 1 amide bonds. The second-order valence-corrected chi connectivity index (χ2v) is 5.54. The molecule has 0 spiro atoms. The molecule has 4 nitrogen and oxygen atoms in total. The predicted molar refractivity (Wildman–Crippen MR) is 85.2 cm³/mol. The molecule has 1 heterocycles. The summed E-state index contributed by atoms with van der Waals surface area (Å²) in [5.74, 6) is 0.126. The lowest BCUT2D eigenvalue weighted by atomic mass is 10.1. The van der Waals surface area contributed by atoms with Crippen LogP contribution in [0.5, 0.6) is 5.75 Å². The van der Waals surface area contributed by atoms with Crippen LogP contribution in [0.2, 0.25) is 0 Å². The zero-order valence-corrected chi connectivity index (χ0v) is 13.5. The molecule has 0 aliphatic rings. The van der Waals surface area contributed by atoms with Crippen LogP contribution in [0.25, 0.3) is 0 Å². The van der Waals surface area contributed by atoms with Crippen molar-refractivity contribution in [1.29, 1.82) is 0 Å². The number of rotatable bonds is 4. The molecule has 0 aliphatic heterocycles. The summed E-state index contributed by atoms with van der Waals surface area (Å²) >= 11 is 3.26. The van der Waals surface area contributed by atoms with Crippen LogP contribution >= 0.6 is 15.9 Å². The fourth-order valence-corrected chi connectivity index (χ4v) is 2.46. The molecule has 5 heteroatoms. The second kappa shape index (κ2) is 6.72. The van der Waals surface area contributed by atoms with E-state index in [0.717, 1.165) is 5.56 Å². The van der Waals surface area contributed by atoms with Gasteiger partial charge in [0.2, 0.25) is 0 Å². The Bertz CT molecular complexity index is 628. The van der Waals surface area contributed by atoms with E-state index in [-0.39, 0.29) is 17.7 Å². The molecule has 2 aromatic rings. The summed E-state index contributed by atoms with van der Waals surface area (Å²) in [6.45, 7) is 4.46. The average molecular weight is 349 g/mol. The first kappa shape index (κ1) is 15.5. The maximum atomic E-state index is 12.6. The van der Waals surface area contributed by atoms with Crippen molar-refractivity contribution in [1.82, 2.24) is 9.88 Å². The van der Waals surface area contributed by atoms with E-state index in [9.17, 15) is 9.90 Å². The topological polar surface area (TPSA) is 53.4 Å². The Morgan fingerprint density at radius 2 is 2.14 bits per heavy atom. The van der Waals surface area contributed by atoms with Crippen LogP contribution in [-0.4, -0.2) is 27.4 Å². The Balaban J connectivity index is 2.26. The zero-order chi connectivity index (χ0) is 15.4. The SMILES string of the molecule is CCN(C(=O)c1ccc(Br)nc1)C(C)c1cccc(O)c1. The van der Waals surface area contributed by atoms with Crippen LogP contribution in [0.4, 0.5) is 0 Å². The van der Waals surface area contributed by atoms with E-state index >= 15 is 0 Å². The van der Waals surface area contributed by atoms with Crippen LogP contribution in [0, 0.1) is 0 Å². The molecule has 2 rings (SSSR count). The van der Waals surface area contributed by atoms with Crippen molar-refractivity contribution in [3.8, 4) is 5.75 Å². The Morgan fingerprint density at radius 1 is 1.38 bits per heavy atom. The summed E-state index contributed by atoms with van der Waals surface area (Å²) in [4.78, 5) is 18.4. The number of phenols is 1. The third kappa shape index (κ3) is 3.61. The molecule has 0 aliphatic carbocycles. The van der Waals surface area contributed by atoms with E-state index < -0.39 is 0 Å². The molecule has 0 bridgehead atoms. The van der Waals surface area contributed by atoms with Gasteiger partial charge in [-0.05, 0) is 59.6 Å². The fraction of sp³-hybridized carbons (Fsp3) is 0.250. The zero-order valence-electron chi connectivity index (χ0n) is 12.0. The molecule has 1 aromatic heterocycles. The monoisotopic (exact) mass is 348 g/mol. The standard InChI is InChI=1S/C16H17BrN2O2/c1-3-19(11(2)12-5-4-6-14(20)9-12)16(21)13-7-8-15(17)18-10-13/h4-11,20H,3H2,1-2H3. The first-order valence-electron chi connectivity index (χ1n) is 6.74. The Kier molecular flexibility index (Phi) is 4.96. The summed E-state index contributed by atoms with van der Waals surface area (Å²) < 4.78 is 0.697. The van der Waals surface area contributed by atoms with Gasteiger partial charge >= 0.3 is 0 Å². The molecule has 1 unspecified atom stereocenters. The molecule has 1 atom stereocenters. The molecule has 0 saturated heterocycles. The summed E-state index contributed by atoms with van der Waals surface area (Å²) in [6, 6.07) is 10.4. The van der Waals surface area contributed by atoms with Gasteiger partial charge in [0.15, 0.2) is 0 Å². The van der Waals surface area contributed by atoms with E-state index in [1.807, 2.05) is 19.9 Å². The smallest absolute Gasteiger partial charge is 0.255 e. The number of hydrogen-bond donors (Lipinski definition) is 1. The van der Waals surface area contributed by atoms with Crippen molar-refractivity contribution >= 4 is 21.8 Å². The maximum absolute atomic E-state index is 12.6. The van der Waals surface area contributed by atoms with Crippen molar-refractivity contribution in [2.75, 3.05) is 6.54 Å². The van der Waals surface area contributed by atoms with Gasteiger partial charge in [-0.2, -0.15) is 0 Å². The lowest BCUT2D eigenvalue weighted by molar-refractivity contribution is 0.0701. The highest BCUT2D eigenvalue weighted by atomic mass is 79.9. The fourth-order valence-electron chi connectivity index (χ4n) is 2.23. The Labute approximate surface area is 132 Å². The molecule has 0 radical (unpaired) electrons. The number of carbonyl (C=O) groups is 1. The van der Waals surface area contributed by atoms with Gasteiger partial charge in [0.1, 0.15) is 10.4 Å². The minimum absolute atomic E-state index is 0.0756. The lowest BCUT2D eigenvalue weighted by Gasteiger charge is -2.28. The number of benzene rings is 1. The van der Waals surface area contributed by atoms with Gasteiger partial charge in [-0.3, -0.25) is 4.79 Å². The maximum Gasteiger partial charge on any atom is 0.255 e. The van der Waals surface area contributed by atoms with Gasteiger partial charge in [0.05, 0.1) is 11.6 Å². The van der Waals surface area contributed by atoms with E-state index in [0.29, 0.717) is 16.7 Å². The number of halogens is 1. The number of nitrogens with zero attached hydrogens (tertiary/aromatic N) is 2. The third-order valence-corrected chi connectivity index (χ3v) is 3.87. The quantitative estimate of drug-likeness (QED) is 0.855. The van der Waals surface area contributed by atoms with Gasteiger partial charge in [-0.25, -0.2) is 4.98 Å². The van der Waals surface area contributed by atoms with E-state index in [1.54, 1.807) is 41.4 Å². The van der Waals surface area contributed by atoms with Crippen LogP contribution < -0.4 is 0 Å². The summed E-state index contributed by atoms with van der Waals surface area (Å²) in [5.41, 5.74) is 1.45. The highest BCUT2D eigenvalue weighted by Gasteiger charge is 2.21. The summed E-state index contributed by atoms with van der Waals surface area (Å²) in [6.07, 6.45) is 1.56. The number of aromatic hydroxyl groups is 1. The second-order valence-electron chi connectivity index (χ2n) is 4.73. The normalized spacial score (nSPS) is 12.0. The van der Waals surface area contributed by atoms with Crippen LogP contribution in [0.1, 0.15) is 35.8 Å². The lowest BCUT2D eigenvalue weighted by Crippen LogP contribution is -2.33. The van der Waals surface area contributed by atoms with Crippen molar-refractivity contribution in [2.24, 2.45) is 0 Å². The van der Waals surface area contributed by atoms with Crippen molar-refractivity contribution in [3.63, 3.8) is 0 Å². The predicted octanol–water partition coefficient (Wildman–Crippen LogP) is 3.77. The molecule has 1 N–H and O–H groups in total. The van der Waals surface area contributed by atoms with Gasteiger partial charge in [0.25, 0.3) is 5.91 Å².